The normalized spacial score (nSPS) is 13.9. The average molecular weight is 584 g/mol. The summed E-state index contributed by atoms with van der Waals surface area (Å²) in [6.45, 7) is 7.52. The molecule has 0 spiro atoms. The highest BCUT2D eigenvalue weighted by molar-refractivity contribution is 5.71. The maximum Gasteiger partial charge on any atom is 0.306 e. The molecule has 2 aromatic heterocycles. The molecule has 7 nitrogen and oxygen atoms in total. The summed E-state index contributed by atoms with van der Waals surface area (Å²) in [7, 11) is 0. The summed E-state index contributed by atoms with van der Waals surface area (Å²) in [6.07, 6.45) is 3.58. The second-order valence-corrected chi connectivity index (χ2v) is 11.8. The van der Waals surface area contributed by atoms with Crippen LogP contribution in [-0.2, 0) is 22.7 Å². The largest absolute Gasteiger partial charge is 0.473 e. The third-order valence-electron chi connectivity index (χ3n) is 7.20. The molecule has 0 saturated carbocycles. The predicted octanol–water partition coefficient (Wildman–Crippen LogP) is 7.39. The number of benzene rings is 2. The van der Waals surface area contributed by atoms with Gasteiger partial charge in [-0.3, -0.25) is 4.79 Å². The quantitative estimate of drug-likeness (QED) is 0.180. The van der Waals surface area contributed by atoms with Crippen LogP contribution in [0.5, 0.6) is 11.8 Å². The standard InChI is InChI=1S/C35H38FN3O4/c1-35(2,3)43-32(40)20-25-16-18-39(19-17-25)33-30(36)21-28(22-37-33)29-14-15-31(41-23-26-10-6-4-7-11-26)38-34(29)42-24-27-12-8-5-9-13-27/h4-15,21-22,25H,16-20,23-24H2,1-3H3. The lowest BCUT2D eigenvalue weighted by Crippen LogP contribution is -2.36. The van der Waals surface area contributed by atoms with Crippen LogP contribution in [0.1, 0.15) is 51.2 Å². The highest BCUT2D eigenvalue weighted by atomic mass is 19.1. The van der Waals surface area contributed by atoms with Gasteiger partial charge in [0.25, 0.3) is 0 Å². The summed E-state index contributed by atoms with van der Waals surface area (Å²) in [4.78, 5) is 23.3. The summed E-state index contributed by atoms with van der Waals surface area (Å²) in [5.41, 5.74) is 2.70. The van der Waals surface area contributed by atoms with E-state index in [1.165, 1.54) is 6.07 Å². The summed E-state index contributed by atoms with van der Waals surface area (Å²) in [5, 5.41) is 0. The summed E-state index contributed by atoms with van der Waals surface area (Å²) < 4.78 is 33.1. The molecule has 224 valence electrons. The molecule has 5 rings (SSSR count). The number of rotatable bonds is 10. The second-order valence-electron chi connectivity index (χ2n) is 11.8. The number of aromatic nitrogens is 2. The number of hydrogen-bond donors (Lipinski definition) is 0. The second kappa shape index (κ2) is 13.7. The predicted molar refractivity (Wildman–Crippen MR) is 164 cm³/mol. The van der Waals surface area contributed by atoms with Gasteiger partial charge in [0, 0.05) is 42.9 Å². The van der Waals surface area contributed by atoms with Crippen LogP contribution < -0.4 is 14.4 Å². The smallest absolute Gasteiger partial charge is 0.306 e. The van der Waals surface area contributed by atoms with Crippen molar-refractivity contribution in [2.75, 3.05) is 18.0 Å². The van der Waals surface area contributed by atoms with Gasteiger partial charge in [0.15, 0.2) is 11.6 Å². The molecule has 0 atom stereocenters. The first-order valence-corrected chi connectivity index (χ1v) is 14.7. The molecule has 4 aromatic rings. The number of carbonyl (C=O) groups is 1. The van der Waals surface area contributed by atoms with Crippen LogP contribution in [0, 0.1) is 11.7 Å². The number of ether oxygens (including phenoxy) is 3. The minimum absolute atomic E-state index is 0.185. The van der Waals surface area contributed by atoms with E-state index in [4.69, 9.17) is 14.2 Å². The molecule has 1 saturated heterocycles. The number of esters is 1. The minimum atomic E-state index is -0.496. The van der Waals surface area contributed by atoms with Crippen molar-refractivity contribution in [3.05, 3.63) is 102 Å². The van der Waals surface area contributed by atoms with Crippen LogP contribution in [0.4, 0.5) is 10.2 Å². The molecule has 1 fully saturated rings. The molecule has 0 radical (unpaired) electrons. The highest BCUT2D eigenvalue weighted by Gasteiger charge is 2.26. The van der Waals surface area contributed by atoms with Crippen LogP contribution in [0.3, 0.4) is 0 Å². The Morgan fingerprint density at radius 1 is 0.907 bits per heavy atom. The van der Waals surface area contributed by atoms with Crippen LogP contribution in [0.15, 0.2) is 85.1 Å². The van der Waals surface area contributed by atoms with Gasteiger partial charge >= 0.3 is 5.97 Å². The molecule has 8 heteroatoms. The van der Waals surface area contributed by atoms with Gasteiger partial charge in [-0.25, -0.2) is 9.37 Å². The first-order valence-electron chi connectivity index (χ1n) is 14.7. The molecule has 0 amide bonds. The molecule has 3 heterocycles. The van der Waals surface area contributed by atoms with Gasteiger partial charge in [0.2, 0.25) is 11.8 Å². The van der Waals surface area contributed by atoms with Gasteiger partial charge in [-0.15, -0.1) is 0 Å². The zero-order chi connectivity index (χ0) is 30.2. The monoisotopic (exact) mass is 583 g/mol. The van der Waals surface area contributed by atoms with E-state index in [-0.39, 0.29) is 11.9 Å². The molecule has 1 aliphatic heterocycles. The van der Waals surface area contributed by atoms with E-state index in [1.54, 1.807) is 12.3 Å². The van der Waals surface area contributed by atoms with Gasteiger partial charge in [-0.2, -0.15) is 4.98 Å². The van der Waals surface area contributed by atoms with Crippen molar-refractivity contribution in [2.45, 2.75) is 58.8 Å². The Balaban J connectivity index is 1.29. The van der Waals surface area contributed by atoms with E-state index in [0.29, 0.717) is 61.4 Å². The SMILES string of the molecule is CC(C)(C)OC(=O)CC1CCN(c2ncc(-c3ccc(OCc4ccccc4)nc3OCc3ccccc3)cc2F)CC1. The molecule has 0 bridgehead atoms. The number of nitrogens with zero attached hydrogens (tertiary/aromatic N) is 3. The van der Waals surface area contributed by atoms with E-state index in [9.17, 15) is 4.79 Å². The van der Waals surface area contributed by atoms with Crippen molar-refractivity contribution < 1.29 is 23.4 Å². The Kier molecular flexibility index (Phi) is 9.55. The average Bonchev–Trinajstić information content (AvgIpc) is 2.99. The van der Waals surface area contributed by atoms with Crippen molar-refractivity contribution in [2.24, 2.45) is 5.92 Å². The first kappa shape index (κ1) is 30.0. The van der Waals surface area contributed by atoms with Crippen molar-refractivity contribution in [1.29, 1.82) is 0 Å². The van der Waals surface area contributed by atoms with Crippen LogP contribution >= 0.6 is 0 Å². The summed E-state index contributed by atoms with van der Waals surface area (Å²) >= 11 is 0. The zero-order valence-electron chi connectivity index (χ0n) is 25.0. The maximum atomic E-state index is 15.5. The molecular formula is C35H38FN3O4. The van der Waals surface area contributed by atoms with Gasteiger partial charge in [-0.1, -0.05) is 60.7 Å². The summed E-state index contributed by atoms with van der Waals surface area (Å²) in [5.74, 6) is 0.672. The lowest BCUT2D eigenvalue weighted by atomic mass is 9.93. The Morgan fingerprint density at radius 2 is 1.53 bits per heavy atom. The lowest BCUT2D eigenvalue weighted by Gasteiger charge is -2.33. The third kappa shape index (κ3) is 8.53. The number of piperidine rings is 1. The highest BCUT2D eigenvalue weighted by Crippen LogP contribution is 2.34. The number of anilines is 1. The Morgan fingerprint density at radius 3 is 2.14 bits per heavy atom. The van der Waals surface area contributed by atoms with Crippen molar-refractivity contribution in [3.8, 4) is 22.9 Å². The van der Waals surface area contributed by atoms with Crippen molar-refractivity contribution in [1.82, 2.24) is 9.97 Å². The van der Waals surface area contributed by atoms with E-state index < -0.39 is 11.4 Å². The molecule has 1 aliphatic rings. The minimum Gasteiger partial charge on any atom is -0.473 e. The van der Waals surface area contributed by atoms with E-state index in [0.717, 1.165) is 24.0 Å². The zero-order valence-corrected chi connectivity index (χ0v) is 25.0. The molecule has 0 N–H and O–H groups in total. The fourth-order valence-corrected chi connectivity index (χ4v) is 5.07. The first-order chi connectivity index (χ1) is 20.7. The van der Waals surface area contributed by atoms with E-state index in [1.807, 2.05) is 92.4 Å². The molecular weight excluding hydrogens is 545 g/mol. The fraction of sp³-hybridized carbons (Fsp3) is 0.343. The Labute approximate surface area is 252 Å². The molecule has 0 aliphatic carbocycles. The molecule has 2 aromatic carbocycles. The van der Waals surface area contributed by atoms with E-state index >= 15 is 4.39 Å². The van der Waals surface area contributed by atoms with E-state index in [2.05, 4.69) is 9.97 Å². The molecule has 0 unspecified atom stereocenters. The number of carbonyl (C=O) groups excluding carboxylic acids is 1. The van der Waals surface area contributed by atoms with Crippen molar-refractivity contribution in [3.63, 3.8) is 0 Å². The van der Waals surface area contributed by atoms with Gasteiger partial charge < -0.3 is 19.1 Å². The number of halogens is 1. The van der Waals surface area contributed by atoms with Crippen LogP contribution in [-0.4, -0.2) is 34.6 Å². The third-order valence-corrected chi connectivity index (χ3v) is 7.20. The summed E-state index contributed by atoms with van der Waals surface area (Å²) in [6, 6.07) is 24.7. The van der Waals surface area contributed by atoms with Gasteiger partial charge in [-0.05, 0) is 62.8 Å². The number of hydrogen-bond acceptors (Lipinski definition) is 7. The van der Waals surface area contributed by atoms with Crippen LogP contribution in [0.2, 0.25) is 0 Å². The maximum absolute atomic E-state index is 15.5. The van der Waals surface area contributed by atoms with Gasteiger partial charge in [0.1, 0.15) is 18.8 Å². The molecule has 43 heavy (non-hydrogen) atoms. The van der Waals surface area contributed by atoms with Crippen molar-refractivity contribution >= 4 is 11.8 Å². The fourth-order valence-electron chi connectivity index (χ4n) is 5.07. The van der Waals surface area contributed by atoms with Gasteiger partial charge in [0.05, 0.1) is 0 Å². The Hall–Kier alpha value is -4.46. The van der Waals surface area contributed by atoms with Crippen LogP contribution in [0.25, 0.3) is 11.1 Å². The number of pyridine rings is 2. The lowest BCUT2D eigenvalue weighted by molar-refractivity contribution is -0.156. The Bertz CT molecular complexity index is 1500. The topological polar surface area (TPSA) is 73.8 Å².